The Labute approximate surface area is 219 Å². The molecule has 196 valence electrons. The van der Waals surface area contributed by atoms with Crippen LogP contribution in [-0.2, 0) is 17.8 Å². The molecule has 3 aromatic heterocycles. The number of carbonyl (C=O) groups excluding carboxylic acids is 1. The Morgan fingerprint density at radius 1 is 1.29 bits per heavy atom. The minimum atomic E-state index is -0.350. The molecule has 1 aromatic carbocycles. The lowest BCUT2D eigenvalue weighted by Gasteiger charge is -2.21. The number of rotatable bonds is 8. The zero-order valence-corrected chi connectivity index (χ0v) is 21.1. The molecule has 0 saturated carbocycles. The normalized spacial score (nSPS) is 16.8. The van der Waals surface area contributed by atoms with Crippen molar-refractivity contribution in [1.29, 1.82) is 0 Å². The molecule has 2 aliphatic rings. The van der Waals surface area contributed by atoms with E-state index in [-0.39, 0.29) is 18.3 Å². The standard InChI is InChI=1S/C28H29FN6O3/c1-34(9-10-36)15-23-19(17-7-11-38-16-17)3-5-25(33-23)32-22-4-2-20(21-13-31-28(37)27(21)22)24-14-30-26-12-18(29)6-8-35(24)26/h2-6,8,12,14,17,36H,7,9-11,13,15-16H2,1H3,(H,31,37)(H,32,33)/t17-/m1/s1. The van der Waals surface area contributed by atoms with Crippen LogP contribution in [0.15, 0.2) is 48.8 Å². The lowest BCUT2D eigenvalue weighted by molar-refractivity contribution is 0.0966. The Kier molecular flexibility index (Phi) is 6.52. The van der Waals surface area contributed by atoms with Crippen LogP contribution in [0.2, 0.25) is 0 Å². The zero-order valence-electron chi connectivity index (χ0n) is 21.1. The van der Waals surface area contributed by atoms with Crippen molar-refractivity contribution < 1.29 is 19.0 Å². The highest BCUT2D eigenvalue weighted by molar-refractivity contribution is 6.06. The van der Waals surface area contributed by atoms with Gasteiger partial charge < -0.3 is 20.5 Å². The molecule has 0 radical (unpaired) electrons. The number of benzene rings is 1. The molecule has 38 heavy (non-hydrogen) atoms. The van der Waals surface area contributed by atoms with Crippen LogP contribution in [0.25, 0.3) is 16.9 Å². The van der Waals surface area contributed by atoms with E-state index in [0.717, 1.165) is 41.1 Å². The van der Waals surface area contributed by atoms with Gasteiger partial charge in [-0.2, -0.15) is 0 Å². The number of fused-ring (bicyclic) bond motifs is 2. The Morgan fingerprint density at radius 3 is 3.00 bits per heavy atom. The van der Waals surface area contributed by atoms with Crippen LogP contribution in [0.1, 0.15) is 39.5 Å². The Hall–Kier alpha value is -3.86. The van der Waals surface area contributed by atoms with Crippen molar-refractivity contribution >= 4 is 23.1 Å². The van der Waals surface area contributed by atoms with E-state index >= 15 is 0 Å². The lowest BCUT2D eigenvalue weighted by Crippen LogP contribution is -2.23. The molecule has 4 aromatic rings. The van der Waals surface area contributed by atoms with E-state index in [1.54, 1.807) is 12.4 Å². The predicted molar refractivity (Wildman–Crippen MR) is 141 cm³/mol. The monoisotopic (exact) mass is 516 g/mol. The molecule has 5 heterocycles. The fourth-order valence-electron chi connectivity index (χ4n) is 5.35. The second-order valence-electron chi connectivity index (χ2n) is 9.79. The second kappa shape index (κ2) is 10.1. The van der Waals surface area contributed by atoms with E-state index in [0.29, 0.717) is 54.9 Å². The number of pyridine rings is 2. The summed E-state index contributed by atoms with van der Waals surface area (Å²) in [6.45, 7) is 3.02. The van der Waals surface area contributed by atoms with Crippen molar-refractivity contribution in [1.82, 2.24) is 24.6 Å². The third-order valence-corrected chi connectivity index (χ3v) is 7.26. The highest BCUT2D eigenvalue weighted by Gasteiger charge is 2.28. The molecule has 0 spiro atoms. The maximum Gasteiger partial charge on any atom is 0.254 e. The molecular weight excluding hydrogens is 487 g/mol. The van der Waals surface area contributed by atoms with Gasteiger partial charge in [-0.3, -0.25) is 14.1 Å². The van der Waals surface area contributed by atoms with Gasteiger partial charge in [0.05, 0.1) is 42.0 Å². The van der Waals surface area contributed by atoms with E-state index < -0.39 is 0 Å². The smallest absolute Gasteiger partial charge is 0.254 e. The van der Waals surface area contributed by atoms with Gasteiger partial charge in [0, 0.05) is 50.0 Å². The Morgan fingerprint density at radius 2 is 2.18 bits per heavy atom. The van der Waals surface area contributed by atoms with E-state index in [9.17, 15) is 14.3 Å². The van der Waals surface area contributed by atoms with Crippen LogP contribution >= 0.6 is 0 Å². The summed E-state index contributed by atoms with van der Waals surface area (Å²) in [5, 5.41) is 15.7. The second-order valence-corrected chi connectivity index (χ2v) is 9.79. The van der Waals surface area contributed by atoms with Gasteiger partial charge in [-0.1, -0.05) is 12.1 Å². The van der Waals surface area contributed by atoms with E-state index in [1.807, 2.05) is 34.5 Å². The number of amides is 1. The third kappa shape index (κ3) is 4.51. The highest BCUT2D eigenvalue weighted by atomic mass is 19.1. The average Bonchev–Trinajstić information content (AvgIpc) is 3.65. The number of carbonyl (C=O) groups is 1. The molecule has 3 N–H and O–H groups in total. The highest BCUT2D eigenvalue weighted by Crippen LogP contribution is 2.36. The number of halogens is 1. The summed E-state index contributed by atoms with van der Waals surface area (Å²) in [4.78, 5) is 24.2. The fourth-order valence-corrected chi connectivity index (χ4v) is 5.35. The Bertz CT molecular complexity index is 1510. The number of nitrogens with zero attached hydrogens (tertiary/aromatic N) is 4. The minimum Gasteiger partial charge on any atom is -0.395 e. The van der Waals surface area contributed by atoms with Crippen molar-refractivity contribution in [2.24, 2.45) is 0 Å². The summed E-state index contributed by atoms with van der Waals surface area (Å²) in [6, 6.07) is 10.6. The molecule has 0 bridgehead atoms. The number of likely N-dealkylation sites (N-methyl/N-ethyl adjacent to an activating group) is 1. The quantitative estimate of drug-likeness (QED) is 0.330. The van der Waals surface area contributed by atoms with Crippen molar-refractivity contribution in [3.8, 4) is 11.3 Å². The maximum atomic E-state index is 13.7. The molecular formula is C28H29FN6O3. The lowest BCUT2D eigenvalue weighted by atomic mass is 9.96. The van der Waals surface area contributed by atoms with Crippen LogP contribution < -0.4 is 10.6 Å². The molecule has 0 aliphatic carbocycles. The Balaban J connectivity index is 1.36. The number of hydrogen-bond donors (Lipinski definition) is 3. The summed E-state index contributed by atoms with van der Waals surface area (Å²) < 4.78 is 21.1. The molecule has 1 atom stereocenters. The molecule has 6 rings (SSSR count). The third-order valence-electron chi connectivity index (χ3n) is 7.26. The number of imidazole rings is 1. The largest absolute Gasteiger partial charge is 0.395 e. The van der Waals surface area contributed by atoms with E-state index in [4.69, 9.17) is 9.72 Å². The van der Waals surface area contributed by atoms with Gasteiger partial charge in [0.25, 0.3) is 5.91 Å². The summed E-state index contributed by atoms with van der Waals surface area (Å²) in [5.74, 6) is 0.423. The van der Waals surface area contributed by atoms with Crippen molar-refractivity contribution in [3.05, 3.63) is 77.0 Å². The van der Waals surface area contributed by atoms with Crippen molar-refractivity contribution in [3.63, 3.8) is 0 Å². The number of ether oxygens (including phenoxy) is 1. The van der Waals surface area contributed by atoms with Crippen LogP contribution in [0, 0.1) is 5.82 Å². The first kappa shape index (κ1) is 24.5. The summed E-state index contributed by atoms with van der Waals surface area (Å²) in [7, 11) is 1.96. The maximum absolute atomic E-state index is 13.7. The first-order chi connectivity index (χ1) is 18.5. The molecule has 1 fully saturated rings. The van der Waals surface area contributed by atoms with E-state index in [1.165, 1.54) is 12.1 Å². The van der Waals surface area contributed by atoms with Gasteiger partial charge in [0.2, 0.25) is 0 Å². The molecule has 10 heteroatoms. The molecule has 2 aliphatic heterocycles. The first-order valence-electron chi connectivity index (χ1n) is 12.7. The molecule has 1 amide bonds. The van der Waals surface area contributed by atoms with Crippen molar-refractivity contribution in [2.75, 3.05) is 38.7 Å². The van der Waals surface area contributed by atoms with Crippen molar-refractivity contribution in [2.45, 2.75) is 25.4 Å². The summed E-state index contributed by atoms with van der Waals surface area (Å²) in [6.07, 6.45) is 4.30. The predicted octanol–water partition coefficient (Wildman–Crippen LogP) is 3.45. The number of aliphatic hydroxyl groups is 1. The minimum absolute atomic E-state index is 0.0747. The number of nitrogens with one attached hydrogen (secondary N) is 2. The summed E-state index contributed by atoms with van der Waals surface area (Å²) >= 11 is 0. The van der Waals surface area contributed by atoms with Gasteiger partial charge in [-0.05, 0) is 42.8 Å². The average molecular weight is 517 g/mol. The van der Waals surface area contributed by atoms with Gasteiger partial charge >= 0.3 is 0 Å². The van der Waals surface area contributed by atoms with Gasteiger partial charge in [0.1, 0.15) is 17.3 Å². The van der Waals surface area contributed by atoms with Crippen LogP contribution in [0.3, 0.4) is 0 Å². The van der Waals surface area contributed by atoms with Gasteiger partial charge in [-0.15, -0.1) is 0 Å². The molecule has 1 saturated heterocycles. The number of anilines is 2. The molecule has 0 unspecified atom stereocenters. The first-order valence-corrected chi connectivity index (χ1v) is 12.7. The number of hydrogen-bond acceptors (Lipinski definition) is 7. The number of aromatic nitrogens is 3. The van der Waals surface area contributed by atoms with Gasteiger partial charge in [-0.25, -0.2) is 14.4 Å². The fraction of sp³-hybridized carbons (Fsp3) is 0.321. The van der Waals surface area contributed by atoms with Gasteiger partial charge in [0.15, 0.2) is 0 Å². The number of aliphatic hydroxyl groups excluding tert-OH is 1. The summed E-state index contributed by atoms with van der Waals surface area (Å²) in [5.41, 5.74) is 6.31. The SMILES string of the molecule is CN(CCO)Cc1nc(Nc2ccc(-c3cnc4cc(F)ccn34)c3c2C(=O)NC3)ccc1[C@@H]1CCOC1. The van der Waals surface area contributed by atoms with Crippen LogP contribution in [0.5, 0.6) is 0 Å². The van der Waals surface area contributed by atoms with Crippen LogP contribution in [-0.4, -0.2) is 63.7 Å². The van der Waals surface area contributed by atoms with Crippen LogP contribution in [0.4, 0.5) is 15.9 Å². The zero-order chi connectivity index (χ0) is 26.2. The topological polar surface area (TPSA) is 104 Å². The molecule has 9 nitrogen and oxygen atoms in total. The van der Waals surface area contributed by atoms with E-state index in [2.05, 4.69) is 21.7 Å².